The first-order valence-electron chi connectivity index (χ1n) is 6.33. The summed E-state index contributed by atoms with van der Waals surface area (Å²) in [5, 5.41) is 12.1. The summed E-state index contributed by atoms with van der Waals surface area (Å²) in [7, 11) is 1.67. The van der Waals surface area contributed by atoms with Crippen LogP contribution in [0.2, 0.25) is 0 Å². The second-order valence-electron chi connectivity index (χ2n) is 4.35. The van der Waals surface area contributed by atoms with Crippen molar-refractivity contribution < 1.29 is 4.74 Å². The number of hydrogen-bond acceptors (Lipinski definition) is 5. The number of rotatable bonds is 5. The molecule has 0 unspecified atom stereocenters. The number of aromatic nitrogens is 2. The number of benzene rings is 1. The highest BCUT2D eigenvalue weighted by Crippen LogP contribution is 2.19. The molecule has 0 radical (unpaired) electrons. The molecule has 0 aliphatic carbocycles. The van der Waals surface area contributed by atoms with E-state index >= 15 is 0 Å². The van der Waals surface area contributed by atoms with Crippen molar-refractivity contribution in [3.8, 4) is 11.8 Å². The fourth-order valence-corrected chi connectivity index (χ4v) is 1.89. The lowest BCUT2D eigenvalue weighted by atomic mass is 10.1. The van der Waals surface area contributed by atoms with Crippen LogP contribution in [0.3, 0.4) is 0 Å². The van der Waals surface area contributed by atoms with Crippen molar-refractivity contribution in [1.29, 1.82) is 5.26 Å². The van der Waals surface area contributed by atoms with E-state index in [0.29, 0.717) is 18.1 Å². The molecule has 0 saturated heterocycles. The van der Waals surface area contributed by atoms with Gasteiger partial charge in [0.05, 0.1) is 7.11 Å². The molecule has 0 aliphatic heterocycles. The summed E-state index contributed by atoms with van der Waals surface area (Å²) in [6, 6.07) is 8.15. The standard InChI is InChI=1S/C15H16N4O/c1-11-3-4-12(9-14(11)20-2)5-6-18-15-13(10-16)17-7-8-19-15/h3-4,7-9H,5-6H2,1-2H3,(H,18,19). The Bertz CT molecular complexity index is 634. The molecule has 5 nitrogen and oxygen atoms in total. The number of anilines is 1. The Hall–Kier alpha value is -2.61. The van der Waals surface area contributed by atoms with E-state index in [1.54, 1.807) is 13.3 Å². The highest BCUT2D eigenvalue weighted by molar-refractivity contribution is 5.46. The Morgan fingerprint density at radius 1 is 1.30 bits per heavy atom. The molecule has 1 N–H and O–H groups in total. The van der Waals surface area contributed by atoms with Crippen LogP contribution in [-0.4, -0.2) is 23.6 Å². The average molecular weight is 268 g/mol. The summed E-state index contributed by atoms with van der Waals surface area (Å²) in [5.41, 5.74) is 2.60. The molecule has 0 atom stereocenters. The molecule has 2 aromatic rings. The van der Waals surface area contributed by atoms with Crippen LogP contribution in [0.15, 0.2) is 30.6 Å². The van der Waals surface area contributed by atoms with E-state index in [1.807, 2.05) is 25.1 Å². The highest BCUT2D eigenvalue weighted by Gasteiger charge is 2.04. The predicted octanol–water partition coefficient (Wildman–Crippen LogP) is 2.32. The van der Waals surface area contributed by atoms with Gasteiger partial charge in [0.25, 0.3) is 0 Å². The molecule has 0 amide bonds. The van der Waals surface area contributed by atoms with E-state index in [2.05, 4.69) is 21.4 Å². The van der Waals surface area contributed by atoms with Gasteiger partial charge in [-0.25, -0.2) is 9.97 Å². The average Bonchev–Trinajstić information content (AvgIpc) is 2.49. The fourth-order valence-electron chi connectivity index (χ4n) is 1.89. The summed E-state index contributed by atoms with van der Waals surface area (Å²) >= 11 is 0. The Kier molecular flexibility index (Phi) is 4.51. The minimum Gasteiger partial charge on any atom is -0.496 e. The molecular weight excluding hydrogens is 252 g/mol. The van der Waals surface area contributed by atoms with Gasteiger partial charge >= 0.3 is 0 Å². The quantitative estimate of drug-likeness (QED) is 0.901. The van der Waals surface area contributed by atoms with Gasteiger partial charge in [-0.05, 0) is 30.5 Å². The largest absolute Gasteiger partial charge is 0.496 e. The lowest BCUT2D eigenvalue weighted by Crippen LogP contribution is -2.08. The highest BCUT2D eigenvalue weighted by atomic mass is 16.5. The van der Waals surface area contributed by atoms with Crippen molar-refractivity contribution in [2.24, 2.45) is 0 Å². The van der Waals surface area contributed by atoms with Gasteiger partial charge in [-0.3, -0.25) is 0 Å². The first kappa shape index (κ1) is 13.8. The van der Waals surface area contributed by atoms with Gasteiger partial charge in [-0.15, -0.1) is 0 Å². The third-order valence-electron chi connectivity index (χ3n) is 2.98. The molecule has 102 valence electrons. The van der Waals surface area contributed by atoms with Crippen LogP contribution in [0.4, 0.5) is 5.82 Å². The van der Waals surface area contributed by atoms with Crippen LogP contribution in [0, 0.1) is 18.3 Å². The zero-order valence-corrected chi connectivity index (χ0v) is 11.6. The van der Waals surface area contributed by atoms with Gasteiger partial charge in [-0.1, -0.05) is 12.1 Å². The lowest BCUT2D eigenvalue weighted by Gasteiger charge is -2.09. The molecular formula is C15H16N4O. The van der Waals surface area contributed by atoms with Gasteiger partial charge in [0.15, 0.2) is 11.5 Å². The topological polar surface area (TPSA) is 70.8 Å². The number of methoxy groups -OCH3 is 1. The van der Waals surface area contributed by atoms with Crippen molar-refractivity contribution in [3.63, 3.8) is 0 Å². The van der Waals surface area contributed by atoms with Crippen LogP contribution in [0.5, 0.6) is 5.75 Å². The lowest BCUT2D eigenvalue weighted by molar-refractivity contribution is 0.411. The Morgan fingerprint density at radius 2 is 2.10 bits per heavy atom. The molecule has 0 bridgehead atoms. The number of nitrogens with one attached hydrogen (secondary N) is 1. The second-order valence-corrected chi connectivity index (χ2v) is 4.35. The van der Waals surface area contributed by atoms with Gasteiger partial charge < -0.3 is 10.1 Å². The van der Waals surface area contributed by atoms with Crippen molar-refractivity contribution in [1.82, 2.24) is 9.97 Å². The van der Waals surface area contributed by atoms with Crippen molar-refractivity contribution in [2.45, 2.75) is 13.3 Å². The molecule has 0 spiro atoms. The molecule has 5 heteroatoms. The fraction of sp³-hybridized carbons (Fsp3) is 0.267. The maximum Gasteiger partial charge on any atom is 0.182 e. The first-order chi connectivity index (χ1) is 9.74. The summed E-state index contributed by atoms with van der Waals surface area (Å²) in [5.74, 6) is 1.41. The molecule has 0 aliphatic rings. The van der Waals surface area contributed by atoms with Crippen LogP contribution in [0.1, 0.15) is 16.8 Å². The minimum atomic E-state index is 0.314. The van der Waals surface area contributed by atoms with Crippen LogP contribution < -0.4 is 10.1 Å². The van der Waals surface area contributed by atoms with Gasteiger partial charge in [0.1, 0.15) is 11.8 Å². The molecule has 1 aromatic heterocycles. The molecule has 1 aromatic carbocycles. The van der Waals surface area contributed by atoms with E-state index in [0.717, 1.165) is 17.7 Å². The molecule has 0 saturated carbocycles. The van der Waals surface area contributed by atoms with E-state index in [4.69, 9.17) is 10.00 Å². The molecule has 1 heterocycles. The number of hydrogen-bond donors (Lipinski definition) is 1. The zero-order valence-electron chi connectivity index (χ0n) is 11.6. The summed E-state index contributed by atoms with van der Waals surface area (Å²) in [4.78, 5) is 8.06. The smallest absolute Gasteiger partial charge is 0.182 e. The van der Waals surface area contributed by atoms with Crippen LogP contribution in [0.25, 0.3) is 0 Å². The summed E-state index contributed by atoms with van der Waals surface area (Å²) in [6.45, 7) is 2.69. The normalized spacial score (nSPS) is 9.85. The summed E-state index contributed by atoms with van der Waals surface area (Å²) in [6.07, 6.45) is 3.89. The third kappa shape index (κ3) is 3.23. The zero-order chi connectivity index (χ0) is 14.4. The van der Waals surface area contributed by atoms with Crippen molar-refractivity contribution >= 4 is 5.82 Å². The summed E-state index contributed by atoms with van der Waals surface area (Å²) < 4.78 is 5.30. The Balaban J connectivity index is 1.98. The van der Waals surface area contributed by atoms with E-state index in [1.165, 1.54) is 11.8 Å². The predicted molar refractivity (Wildman–Crippen MR) is 76.7 cm³/mol. The van der Waals surface area contributed by atoms with Crippen LogP contribution >= 0.6 is 0 Å². The number of ether oxygens (including phenoxy) is 1. The van der Waals surface area contributed by atoms with Gasteiger partial charge in [-0.2, -0.15) is 5.26 Å². The van der Waals surface area contributed by atoms with Crippen LogP contribution in [-0.2, 0) is 6.42 Å². The second kappa shape index (κ2) is 6.53. The molecule has 20 heavy (non-hydrogen) atoms. The minimum absolute atomic E-state index is 0.314. The third-order valence-corrected chi connectivity index (χ3v) is 2.98. The Morgan fingerprint density at radius 3 is 2.85 bits per heavy atom. The monoisotopic (exact) mass is 268 g/mol. The number of nitriles is 1. The SMILES string of the molecule is COc1cc(CCNc2nccnc2C#N)ccc1C. The van der Waals surface area contributed by atoms with Gasteiger partial charge in [0, 0.05) is 18.9 Å². The first-order valence-corrected chi connectivity index (χ1v) is 6.33. The Labute approximate surface area is 118 Å². The van der Waals surface area contributed by atoms with E-state index in [9.17, 15) is 0 Å². The van der Waals surface area contributed by atoms with Crippen molar-refractivity contribution in [2.75, 3.05) is 19.0 Å². The maximum atomic E-state index is 8.92. The number of nitrogens with zero attached hydrogens (tertiary/aromatic N) is 3. The molecule has 0 fully saturated rings. The van der Waals surface area contributed by atoms with E-state index < -0.39 is 0 Å². The van der Waals surface area contributed by atoms with E-state index in [-0.39, 0.29) is 0 Å². The maximum absolute atomic E-state index is 8.92. The van der Waals surface area contributed by atoms with Gasteiger partial charge in [0.2, 0.25) is 0 Å². The van der Waals surface area contributed by atoms with Crippen molar-refractivity contribution in [3.05, 3.63) is 47.4 Å². The molecule has 2 rings (SSSR count). The number of aryl methyl sites for hydroxylation is 1.